The number of hydrogen-bond acceptors (Lipinski definition) is 5. The monoisotopic (exact) mass is 290 g/mol. The fourth-order valence-corrected chi connectivity index (χ4v) is 3.42. The lowest BCUT2D eigenvalue weighted by Gasteiger charge is -2.25. The van der Waals surface area contributed by atoms with Gasteiger partial charge in [-0.1, -0.05) is 0 Å². The second kappa shape index (κ2) is 6.36. The van der Waals surface area contributed by atoms with Crippen molar-refractivity contribution >= 4 is 15.8 Å². The van der Waals surface area contributed by atoms with Crippen molar-refractivity contribution in [3.8, 4) is 0 Å². The quantitative estimate of drug-likeness (QED) is 0.791. The van der Waals surface area contributed by atoms with E-state index < -0.39 is 10.0 Å². The Kier molecular flexibility index (Phi) is 5.33. The fraction of sp³-hybridized carbons (Fsp3) is 0.727. The van der Waals surface area contributed by atoms with Crippen molar-refractivity contribution in [3.63, 3.8) is 0 Å². The van der Waals surface area contributed by atoms with Crippen LogP contribution in [0.1, 0.15) is 20.8 Å². The van der Waals surface area contributed by atoms with E-state index in [0.717, 1.165) is 0 Å². The number of ether oxygens (including phenoxy) is 1. The number of rotatable bonds is 7. The van der Waals surface area contributed by atoms with Crippen LogP contribution in [0.25, 0.3) is 0 Å². The Labute approximate surface area is 114 Å². The molecule has 0 amide bonds. The zero-order valence-electron chi connectivity index (χ0n) is 11.8. The predicted octanol–water partition coefficient (Wildman–Crippen LogP) is 0.531. The van der Waals surface area contributed by atoms with Gasteiger partial charge in [-0.25, -0.2) is 8.42 Å². The van der Waals surface area contributed by atoms with Crippen LogP contribution in [0.5, 0.6) is 0 Å². The Morgan fingerprint density at radius 1 is 1.53 bits per heavy atom. The van der Waals surface area contributed by atoms with Crippen molar-refractivity contribution < 1.29 is 13.2 Å². The largest absolute Gasteiger partial charge is 0.383 e. The summed E-state index contributed by atoms with van der Waals surface area (Å²) in [4.78, 5) is 0.0548. The van der Waals surface area contributed by atoms with Crippen LogP contribution >= 0.6 is 0 Å². The average molecular weight is 290 g/mol. The van der Waals surface area contributed by atoms with Gasteiger partial charge in [0.05, 0.1) is 6.61 Å². The van der Waals surface area contributed by atoms with Gasteiger partial charge in [0.2, 0.25) is 10.0 Å². The molecule has 0 saturated carbocycles. The lowest BCUT2D eigenvalue weighted by atomic mass is 10.4. The maximum atomic E-state index is 12.6. The van der Waals surface area contributed by atoms with E-state index >= 15 is 0 Å². The highest BCUT2D eigenvalue weighted by Crippen LogP contribution is 2.22. The highest BCUT2D eigenvalue weighted by molar-refractivity contribution is 7.89. The summed E-state index contributed by atoms with van der Waals surface area (Å²) < 4.78 is 33.0. The molecule has 1 aromatic heterocycles. The number of anilines is 1. The van der Waals surface area contributed by atoms with E-state index in [1.54, 1.807) is 0 Å². The Balaban J connectivity index is 3.14. The molecule has 0 fully saturated rings. The SMILES string of the molecule is CCn1cc(S(=O)(=O)N(CCOC)C(C)C)c(N)n1. The molecule has 0 saturated heterocycles. The van der Waals surface area contributed by atoms with E-state index in [4.69, 9.17) is 10.5 Å². The molecule has 0 spiro atoms. The Hall–Kier alpha value is -1.12. The van der Waals surface area contributed by atoms with Crippen molar-refractivity contribution in [1.29, 1.82) is 0 Å². The zero-order chi connectivity index (χ0) is 14.6. The fourth-order valence-electron chi connectivity index (χ4n) is 1.74. The van der Waals surface area contributed by atoms with Gasteiger partial charge in [-0.05, 0) is 20.8 Å². The maximum absolute atomic E-state index is 12.6. The molecule has 0 radical (unpaired) electrons. The van der Waals surface area contributed by atoms with E-state index in [9.17, 15) is 8.42 Å². The second-order valence-corrected chi connectivity index (χ2v) is 6.30. The lowest BCUT2D eigenvalue weighted by Crippen LogP contribution is -2.39. The highest BCUT2D eigenvalue weighted by Gasteiger charge is 2.30. The number of methoxy groups -OCH3 is 1. The molecular formula is C11H22N4O3S. The van der Waals surface area contributed by atoms with Gasteiger partial charge in [0.15, 0.2) is 5.82 Å². The average Bonchev–Trinajstić information content (AvgIpc) is 2.71. The first-order chi connectivity index (χ1) is 8.84. The highest BCUT2D eigenvalue weighted by atomic mass is 32.2. The number of nitrogens with zero attached hydrogens (tertiary/aromatic N) is 3. The Morgan fingerprint density at radius 3 is 2.58 bits per heavy atom. The second-order valence-electron chi connectivity index (χ2n) is 4.44. The summed E-state index contributed by atoms with van der Waals surface area (Å²) in [7, 11) is -2.11. The summed E-state index contributed by atoms with van der Waals surface area (Å²) in [6.45, 7) is 6.68. The number of nitrogens with two attached hydrogens (primary N) is 1. The molecule has 1 aromatic rings. The van der Waals surface area contributed by atoms with Crippen LogP contribution in [0, 0.1) is 0 Å². The van der Waals surface area contributed by atoms with Crippen molar-refractivity contribution in [2.45, 2.75) is 38.3 Å². The van der Waals surface area contributed by atoms with Crippen LogP contribution in [-0.4, -0.2) is 48.8 Å². The minimum atomic E-state index is -3.65. The number of nitrogen functional groups attached to an aromatic ring is 1. The zero-order valence-corrected chi connectivity index (χ0v) is 12.6. The van der Waals surface area contributed by atoms with Gasteiger partial charge in [0, 0.05) is 32.4 Å². The molecule has 0 atom stereocenters. The smallest absolute Gasteiger partial charge is 0.248 e. The van der Waals surface area contributed by atoms with Crippen molar-refractivity contribution in [2.75, 3.05) is 26.0 Å². The minimum Gasteiger partial charge on any atom is -0.383 e. The van der Waals surface area contributed by atoms with E-state index in [0.29, 0.717) is 13.2 Å². The molecule has 110 valence electrons. The molecule has 0 aromatic carbocycles. The molecule has 19 heavy (non-hydrogen) atoms. The first kappa shape index (κ1) is 15.9. The third kappa shape index (κ3) is 3.46. The lowest BCUT2D eigenvalue weighted by molar-refractivity contribution is 0.171. The van der Waals surface area contributed by atoms with Crippen molar-refractivity contribution in [1.82, 2.24) is 14.1 Å². The van der Waals surface area contributed by atoms with Crippen LogP contribution in [-0.2, 0) is 21.3 Å². The van der Waals surface area contributed by atoms with Crippen molar-refractivity contribution in [3.05, 3.63) is 6.20 Å². The summed E-state index contributed by atoms with van der Waals surface area (Å²) in [5.74, 6) is 0.0323. The summed E-state index contributed by atoms with van der Waals surface area (Å²) in [5, 5.41) is 3.97. The minimum absolute atomic E-state index is 0.0323. The molecule has 1 heterocycles. The molecule has 0 bridgehead atoms. The van der Waals surface area contributed by atoms with Crippen molar-refractivity contribution in [2.24, 2.45) is 0 Å². The van der Waals surface area contributed by atoms with E-state index in [2.05, 4.69) is 5.10 Å². The first-order valence-corrected chi connectivity index (χ1v) is 7.62. The summed E-state index contributed by atoms with van der Waals surface area (Å²) in [5.41, 5.74) is 5.70. The number of hydrogen-bond donors (Lipinski definition) is 1. The Morgan fingerprint density at radius 2 is 2.16 bits per heavy atom. The van der Waals surface area contributed by atoms with Crippen LogP contribution in [0.2, 0.25) is 0 Å². The van der Waals surface area contributed by atoms with Gasteiger partial charge in [-0.2, -0.15) is 9.40 Å². The van der Waals surface area contributed by atoms with E-state index in [-0.39, 0.29) is 23.3 Å². The van der Waals surface area contributed by atoms with Gasteiger partial charge in [0.1, 0.15) is 4.90 Å². The molecular weight excluding hydrogens is 268 g/mol. The maximum Gasteiger partial charge on any atom is 0.248 e. The number of sulfonamides is 1. The molecule has 0 aliphatic rings. The van der Waals surface area contributed by atoms with Crippen LogP contribution in [0.4, 0.5) is 5.82 Å². The molecule has 1 rings (SSSR count). The van der Waals surface area contributed by atoms with E-state index in [1.165, 1.54) is 22.3 Å². The third-order valence-corrected chi connectivity index (χ3v) is 4.85. The summed E-state index contributed by atoms with van der Waals surface area (Å²) >= 11 is 0. The summed E-state index contributed by atoms with van der Waals surface area (Å²) in [6.07, 6.45) is 1.47. The van der Waals surface area contributed by atoms with Gasteiger partial charge >= 0.3 is 0 Å². The normalized spacial score (nSPS) is 12.5. The van der Waals surface area contributed by atoms with Gasteiger partial charge < -0.3 is 10.5 Å². The molecule has 0 aliphatic carbocycles. The first-order valence-electron chi connectivity index (χ1n) is 6.18. The predicted molar refractivity (Wildman–Crippen MR) is 73.2 cm³/mol. The third-order valence-electron chi connectivity index (χ3n) is 2.76. The Bertz CT molecular complexity index is 510. The van der Waals surface area contributed by atoms with Crippen LogP contribution < -0.4 is 5.73 Å². The van der Waals surface area contributed by atoms with E-state index in [1.807, 2.05) is 20.8 Å². The number of aryl methyl sites for hydroxylation is 1. The molecule has 2 N–H and O–H groups in total. The molecule has 7 nitrogen and oxygen atoms in total. The van der Waals surface area contributed by atoms with Crippen LogP contribution in [0.15, 0.2) is 11.1 Å². The van der Waals surface area contributed by atoms with Gasteiger partial charge in [-0.3, -0.25) is 4.68 Å². The van der Waals surface area contributed by atoms with Gasteiger partial charge in [0.25, 0.3) is 0 Å². The van der Waals surface area contributed by atoms with Crippen LogP contribution in [0.3, 0.4) is 0 Å². The standard InChI is InChI=1S/C11H22N4O3S/c1-5-14-8-10(11(12)13-14)19(16,17)15(9(2)3)6-7-18-4/h8-9H,5-7H2,1-4H3,(H2,12,13). The molecule has 8 heteroatoms. The van der Waals surface area contributed by atoms with Gasteiger partial charge in [-0.15, -0.1) is 0 Å². The topological polar surface area (TPSA) is 90.5 Å². The molecule has 0 unspecified atom stereocenters. The number of aromatic nitrogens is 2. The molecule has 0 aliphatic heterocycles. The summed E-state index contributed by atoms with van der Waals surface area (Å²) in [6, 6.07) is -0.176.